The molecule has 0 spiro atoms. The number of hydrogen-bond acceptors (Lipinski definition) is 0. The molecule has 0 nitrogen and oxygen atoms in total. The van der Waals surface area contributed by atoms with E-state index in [2.05, 4.69) is 47.4 Å². The number of hydrogen-bond donors (Lipinski definition) is 0. The van der Waals surface area contributed by atoms with Crippen molar-refractivity contribution < 1.29 is 0 Å². The average molecular weight is 269 g/mol. The molecule has 0 N–H and O–H groups in total. The van der Waals surface area contributed by atoms with E-state index >= 15 is 0 Å². The Labute approximate surface area is 100 Å². The van der Waals surface area contributed by atoms with E-state index in [1.807, 2.05) is 0 Å². The molecule has 0 amide bonds. The van der Waals surface area contributed by atoms with Crippen molar-refractivity contribution >= 4 is 24.1 Å². The summed E-state index contributed by atoms with van der Waals surface area (Å²) < 4.78 is 1.61. The van der Waals surface area contributed by atoms with E-state index in [1.165, 1.54) is 22.1 Å². The standard InChI is InChI=1S/C15H10Se/c1-2-4-12-11(3-1)9-14-13(12)6-5-10-7-8-16-15(10)14/h1-8H,9H2. The summed E-state index contributed by atoms with van der Waals surface area (Å²) in [5.41, 5.74) is 6.00. The van der Waals surface area contributed by atoms with Crippen LogP contribution in [0.4, 0.5) is 0 Å². The van der Waals surface area contributed by atoms with Gasteiger partial charge in [-0.05, 0) is 0 Å². The van der Waals surface area contributed by atoms with Gasteiger partial charge in [0.25, 0.3) is 0 Å². The molecule has 0 aliphatic heterocycles. The Kier molecular flexibility index (Phi) is 1.71. The third-order valence-electron chi connectivity index (χ3n) is 3.40. The van der Waals surface area contributed by atoms with Crippen LogP contribution in [0.5, 0.6) is 0 Å². The van der Waals surface area contributed by atoms with Gasteiger partial charge in [0.05, 0.1) is 0 Å². The van der Waals surface area contributed by atoms with Crippen LogP contribution in [0.3, 0.4) is 0 Å². The van der Waals surface area contributed by atoms with E-state index < -0.39 is 0 Å². The summed E-state index contributed by atoms with van der Waals surface area (Å²) in [6, 6.07) is 15.7. The Morgan fingerprint density at radius 1 is 0.875 bits per heavy atom. The predicted molar refractivity (Wildman–Crippen MR) is 69.1 cm³/mol. The van der Waals surface area contributed by atoms with Gasteiger partial charge in [0.1, 0.15) is 0 Å². The zero-order valence-corrected chi connectivity index (χ0v) is 10.4. The topological polar surface area (TPSA) is 0 Å². The summed E-state index contributed by atoms with van der Waals surface area (Å²) in [6.07, 6.45) is 1.14. The summed E-state index contributed by atoms with van der Waals surface area (Å²) in [5.74, 6) is 0. The predicted octanol–water partition coefficient (Wildman–Crippen LogP) is 3.47. The molecule has 0 saturated carbocycles. The minimum absolute atomic E-state index is 0.558. The zero-order valence-electron chi connectivity index (χ0n) is 8.73. The molecule has 2 aromatic carbocycles. The van der Waals surface area contributed by atoms with Gasteiger partial charge >= 0.3 is 100 Å². The Morgan fingerprint density at radius 2 is 1.81 bits per heavy atom. The molecule has 3 aromatic rings. The van der Waals surface area contributed by atoms with Gasteiger partial charge in [0, 0.05) is 0 Å². The Bertz CT molecular complexity index is 691. The summed E-state index contributed by atoms with van der Waals surface area (Å²) in [7, 11) is 0. The summed E-state index contributed by atoms with van der Waals surface area (Å²) in [6.45, 7) is 0. The monoisotopic (exact) mass is 270 g/mol. The maximum absolute atomic E-state index is 2.33. The molecule has 0 saturated heterocycles. The van der Waals surface area contributed by atoms with Crippen LogP contribution in [0.15, 0.2) is 47.4 Å². The number of benzene rings is 2. The quantitative estimate of drug-likeness (QED) is 0.429. The Morgan fingerprint density at radius 3 is 2.81 bits per heavy atom. The van der Waals surface area contributed by atoms with E-state index in [0.29, 0.717) is 14.5 Å². The molecule has 0 radical (unpaired) electrons. The van der Waals surface area contributed by atoms with Crippen LogP contribution in [-0.2, 0) is 6.42 Å². The third-order valence-corrected chi connectivity index (χ3v) is 5.48. The molecule has 1 aliphatic rings. The van der Waals surface area contributed by atoms with E-state index in [4.69, 9.17) is 0 Å². The fourth-order valence-electron chi connectivity index (χ4n) is 2.65. The summed E-state index contributed by atoms with van der Waals surface area (Å²) >= 11 is 0.558. The number of fused-ring (bicyclic) bond motifs is 5. The molecule has 4 rings (SSSR count). The average Bonchev–Trinajstić information content (AvgIpc) is 2.92. The van der Waals surface area contributed by atoms with Crippen molar-refractivity contribution in [3.8, 4) is 11.1 Å². The maximum atomic E-state index is 2.33. The first-order chi connectivity index (χ1) is 7.93. The van der Waals surface area contributed by atoms with E-state index in [-0.39, 0.29) is 0 Å². The van der Waals surface area contributed by atoms with Gasteiger partial charge < -0.3 is 0 Å². The van der Waals surface area contributed by atoms with E-state index in [0.717, 1.165) is 6.42 Å². The molecule has 16 heavy (non-hydrogen) atoms. The van der Waals surface area contributed by atoms with Crippen LogP contribution < -0.4 is 0 Å². The fraction of sp³-hybridized carbons (Fsp3) is 0.0667. The first-order valence-corrected chi connectivity index (χ1v) is 7.35. The third kappa shape index (κ3) is 1.05. The van der Waals surface area contributed by atoms with Gasteiger partial charge in [-0.2, -0.15) is 0 Å². The van der Waals surface area contributed by atoms with Crippen LogP contribution in [0.1, 0.15) is 11.1 Å². The first-order valence-electron chi connectivity index (χ1n) is 5.51. The number of rotatable bonds is 0. The molecule has 0 fully saturated rings. The first kappa shape index (κ1) is 8.81. The molecular formula is C15H10Se. The van der Waals surface area contributed by atoms with Crippen LogP contribution in [0.2, 0.25) is 0 Å². The molecule has 1 heterocycles. The summed E-state index contributed by atoms with van der Waals surface area (Å²) in [5, 5.41) is 1.45. The van der Waals surface area contributed by atoms with E-state index in [1.54, 1.807) is 9.82 Å². The van der Waals surface area contributed by atoms with Gasteiger partial charge in [0.15, 0.2) is 0 Å². The molecule has 1 heteroatoms. The van der Waals surface area contributed by atoms with Crippen molar-refractivity contribution in [1.82, 2.24) is 0 Å². The van der Waals surface area contributed by atoms with Gasteiger partial charge in [-0.15, -0.1) is 0 Å². The van der Waals surface area contributed by atoms with E-state index in [9.17, 15) is 0 Å². The van der Waals surface area contributed by atoms with Gasteiger partial charge in [0.2, 0.25) is 0 Å². The van der Waals surface area contributed by atoms with Crippen molar-refractivity contribution in [2.24, 2.45) is 0 Å². The molecule has 76 valence electrons. The second-order valence-corrected chi connectivity index (χ2v) is 6.19. The van der Waals surface area contributed by atoms with Gasteiger partial charge in [-0.3, -0.25) is 0 Å². The molecule has 0 atom stereocenters. The van der Waals surface area contributed by atoms with Gasteiger partial charge in [-0.1, -0.05) is 0 Å². The molecule has 1 aromatic heterocycles. The Hall–Kier alpha value is -1.30. The van der Waals surface area contributed by atoms with Crippen molar-refractivity contribution in [3.05, 3.63) is 58.5 Å². The SMILES string of the molecule is c1ccc2c(c1)Cc1c-2ccc2cc[se]c12. The Balaban J connectivity index is 2.13. The van der Waals surface area contributed by atoms with Crippen molar-refractivity contribution in [2.45, 2.75) is 6.42 Å². The second kappa shape index (κ2) is 3.10. The normalized spacial score (nSPS) is 12.8. The minimum atomic E-state index is 0.558. The second-order valence-electron chi connectivity index (χ2n) is 4.26. The van der Waals surface area contributed by atoms with Crippen LogP contribution >= 0.6 is 0 Å². The summed E-state index contributed by atoms with van der Waals surface area (Å²) in [4.78, 5) is 2.33. The molecule has 1 aliphatic carbocycles. The fourth-order valence-corrected chi connectivity index (χ4v) is 4.63. The van der Waals surface area contributed by atoms with Crippen molar-refractivity contribution in [3.63, 3.8) is 0 Å². The molecular weight excluding hydrogens is 259 g/mol. The van der Waals surface area contributed by atoms with Crippen molar-refractivity contribution in [1.29, 1.82) is 0 Å². The molecule has 0 unspecified atom stereocenters. The van der Waals surface area contributed by atoms with Crippen LogP contribution in [0, 0.1) is 0 Å². The van der Waals surface area contributed by atoms with Crippen LogP contribution in [-0.4, -0.2) is 14.5 Å². The van der Waals surface area contributed by atoms with Crippen LogP contribution in [0.25, 0.3) is 20.8 Å². The van der Waals surface area contributed by atoms with Gasteiger partial charge in [-0.25, -0.2) is 0 Å². The van der Waals surface area contributed by atoms with Crippen molar-refractivity contribution in [2.75, 3.05) is 0 Å². The zero-order chi connectivity index (χ0) is 10.5. The molecule has 0 bridgehead atoms.